The summed E-state index contributed by atoms with van der Waals surface area (Å²) in [5.74, 6) is 4.43. The first kappa shape index (κ1) is 11.0. The lowest BCUT2D eigenvalue weighted by molar-refractivity contribution is 0.483. The van der Waals surface area contributed by atoms with Crippen LogP contribution in [0.1, 0.15) is 24.5 Å². The molecule has 15 heavy (non-hydrogen) atoms. The molecule has 2 N–H and O–H groups in total. The summed E-state index contributed by atoms with van der Waals surface area (Å²) in [5.41, 5.74) is 0. The molecule has 0 spiro atoms. The summed E-state index contributed by atoms with van der Waals surface area (Å²) >= 11 is 2.06. The molecular weight excluding hydrogens is 208 g/mol. The molecule has 1 fully saturated rings. The van der Waals surface area contributed by atoms with Crippen LogP contribution in [0, 0.1) is 6.92 Å². The van der Waals surface area contributed by atoms with Crippen LogP contribution in [0.3, 0.4) is 0 Å². The Hall–Kier alpha value is -0.550. The van der Waals surface area contributed by atoms with Crippen LogP contribution in [-0.2, 0) is 6.42 Å². The summed E-state index contributed by atoms with van der Waals surface area (Å²) < 4.78 is 0. The van der Waals surface area contributed by atoms with Gasteiger partial charge in [0, 0.05) is 19.0 Å². The van der Waals surface area contributed by atoms with Gasteiger partial charge in [-0.25, -0.2) is 4.98 Å². The first-order valence-electron chi connectivity index (χ1n) is 5.53. The normalized spacial score (nSPS) is 18.2. The molecule has 2 heterocycles. The van der Waals surface area contributed by atoms with Crippen molar-refractivity contribution in [2.75, 3.05) is 18.1 Å². The minimum absolute atomic E-state index is 0.714. The largest absolute Gasteiger partial charge is 0.313 e. The predicted molar refractivity (Wildman–Crippen MR) is 63.2 cm³/mol. The zero-order valence-electron chi connectivity index (χ0n) is 9.12. The van der Waals surface area contributed by atoms with Crippen LogP contribution in [0.2, 0.25) is 0 Å². The lowest BCUT2D eigenvalue weighted by Gasteiger charge is -2.22. The summed E-state index contributed by atoms with van der Waals surface area (Å²) in [6.07, 6.45) is 3.53. The molecule has 1 aromatic heterocycles. The summed E-state index contributed by atoms with van der Waals surface area (Å²) in [6, 6.07) is 0.714. The van der Waals surface area contributed by atoms with Crippen molar-refractivity contribution in [1.29, 1.82) is 0 Å². The molecule has 0 aromatic carbocycles. The van der Waals surface area contributed by atoms with Crippen molar-refractivity contribution >= 4 is 11.8 Å². The number of hydrogen-bond donors (Lipinski definition) is 2. The smallest absolute Gasteiger partial charge is 0.151 e. The van der Waals surface area contributed by atoms with Gasteiger partial charge in [-0.05, 0) is 31.3 Å². The second-order valence-corrected chi connectivity index (χ2v) is 5.15. The minimum atomic E-state index is 0.714. The number of aryl methyl sites for hydroxylation is 1. The molecular formula is C10H18N4S. The Labute approximate surface area is 94.6 Å². The number of hydrogen-bond acceptors (Lipinski definition) is 4. The van der Waals surface area contributed by atoms with Crippen LogP contribution in [0.25, 0.3) is 0 Å². The van der Waals surface area contributed by atoms with Gasteiger partial charge in [0.1, 0.15) is 5.82 Å². The zero-order valence-corrected chi connectivity index (χ0v) is 9.94. The Morgan fingerprint density at radius 2 is 2.27 bits per heavy atom. The maximum absolute atomic E-state index is 4.28. The molecule has 2 rings (SSSR count). The van der Waals surface area contributed by atoms with Gasteiger partial charge >= 0.3 is 0 Å². The first-order valence-corrected chi connectivity index (χ1v) is 6.69. The highest BCUT2D eigenvalue weighted by molar-refractivity contribution is 7.99. The van der Waals surface area contributed by atoms with Crippen LogP contribution in [0.15, 0.2) is 0 Å². The van der Waals surface area contributed by atoms with Crippen molar-refractivity contribution in [3.8, 4) is 0 Å². The Balaban J connectivity index is 1.65. The van der Waals surface area contributed by atoms with E-state index in [-0.39, 0.29) is 0 Å². The number of aromatic amines is 1. The molecule has 1 aliphatic rings. The second kappa shape index (κ2) is 5.51. The van der Waals surface area contributed by atoms with E-state index >= 15 is 0 Å². The average molecular weight is 226 g/mol. The summed E-state index contributed by atoms with van der Waals surface area (Å²) in [5, 5.41) is 10.6. The van der Waals surface area contributed by atoms with E-state index in [9.17, 15) is 0 Å². The summed E-state index contributed by atoms with van der Waals surface area (Å²) in [6.45, 7) is 2.93. The summed E-state index contributed by atoms with van der Waals surface area (Å²) in [7, 11) is 0. The van der Waals surface area contributed by atoms with Gasteiger partial charge in [0.2, 0.25) is 0 Å². The van der Waals surface area contributed by atoms with Gasteiger partial charge in [0.25, 0.3) is 0 Å². The Bertz CT molecular complexity index is 293. The highest BCUT2D eigenvalue weighted by Gasteiger charge is 2.12. The zero-order chi connectivity index (χ0) is 10.5. The van der Waals surface area contributed by atoms with E-state index in [0.717, 1.165) is 24.6 Å². The predicted octanol–water partition coefficient (Wildman–Crippen LogP) is 1.14. The number of H-pyrrole nitrogens is 1. The van der Waals surface area contributed by atoms with Gasteiger partial charge in [-0.2, -0.15) is 16.9 Å². The highest BCUT2D eigenvalue weighted by atomic mass is 32.2. The average Bonchev–Trinajstić information content (AvgIpc) is 2.66. The topological polar surface area (TPSA) is 53.6 Å². The fourth-order valence-corrected chi connectivity index (χ4v) is 2.90. The molecule has 4 nitrogen and oxygen atoms in total. The van der Waals surface area contributed by atoms with Gasteiger partial charge < -0.3 is 5.32 Å². The molecule has 0 saturated carbocycles. The Morgan fingerprint density at radius 1 is 1.47 bits per heavy atom. The molecule has 0 atom stereocenters. The van der Waals surface area contributed by atoms with Gasteiger partial charge in [-0.1, -0.05) is 0 Å². The Morgan fingerprint density at radius 3 is 2.93 bits per heavy atom. The monoisotopic (exact) mass is 226 g/mol. The molecule has 5 heteroatoms. The molecule has 0 aliphatic carbocycles. The molecule has 1 saturated heterocycles. The maximum Gasteiger partial charge on any atom is 0.151 e. The van der Waals surface area contributed by atoms with Crippen LogP contribution in [0.5, 0.6) is 0 Å². The van der Waals surface area contributed by atoms with E-state index in [0.29, 0.717) is 6.04 Å². The van der Waals surface area contributed by atoms with Crippen LogP contribution in [0.4, 0.5) is 0 Å². The van der Waals surface area contributed by atoms with Gasteiger partial charge in [-0.15, -0.1) is 0 Å². The molecule has 1 aliphatic heterocycles. The quantitative estimate of drug-likeness (QED) is 0.808. The van der Waals surface area contributed by atoms with Crippen molar-refractivity contribution in [2.24, 2.45) is 0 Å². The van der Waals surface area contributed by atoms with E-state index in [4.69, 9.17) is 0 Å². The third kappa shape index (κ3) is 3.50. The molecule has 84 valence electrons. The van der Waals surface area contributed by atoms with Crippen LogP contribution >= 0.6 is 11.8 Å². The van der Waals surface area contributed by atoms with Crippen LogP contribution < -0.4 is 5.32 Å². The van der Waals surface area contributed by atoms with Crippen molar-refractivity contribution in [3.05, 3.63) is 11.6 Å². The third-order valence-electron chi connectivity index (χ3n) is 2.65. The lowest BCUT2D eigenvalue weighted by Crippen LogP contribution is -2.34. The van der Waals surface area contributed by atoms with Crippen molar-refractivity contribution in [2.45, 2.75) is 32.2 Å². The number of thioether (sulfide) groups is 1. The lowest BCUT2D eigenvalue weighted by atomic mass is 10.1. The highest BCUT2D eigenvalue weighted by Crippen LogP contribution is 2.16. The van der Waals surface area contributed by atoms with E-state index < -0.39 is 0 Å². The van der Waals surface area contributed by atoms with E-state index in [2.05, 4.69) is 32.3 Å². The third-order valence-corrected chi connectivity index (χ3v) is 3.70. The number of nitrogens with one attached hydrogen (secondary N) is 2. The Kier molecular flexibility index (Phi) is 4.02. The molecule has 0 bridgehead atoms. The van der Waals surface area contributed by atoms with E-state index in [1.807, 2.05) is 6.92 Å². The maximum atomic E-state index is 4.28. The van der Waals surface area contributed by atoms with Crippen molar-refractivity contribution in [1.82, 2.24) is 20.5 Å². The van der Waals surface area contributed by atoms with Crippen molar-refractivity contribution < 1.29 is 0 Å². The van der Waals surface area contributed by atoms with E-state index in [1.54, 1.807) is 0 Å². The van der Waals surface area contributed by atoms with Crippen LogP contribution in [-0.4, -0.2) is 39.3 Å². The van der Waals surface area contributed by atoms with Gasteiger partial charge in [-0.3, -0.25) is 5.10 Å². The molecule has 0 radical (unpaired) electrons. The molecule has 0 amide bonds. The number of nitrogens with zero attached hydrogens (tertiary/aromatic N) is 2. The molecule has 1 aromatic rings. The molecule has 0 unspecified atom stereocenters. The van der Waals surface area contributed by atoms with Crippen molar-refractivity contribution in [3.63, 3.8) is 0 Å². The standard InChI is InChI=1S/C10H18N4S/c1-8-12-10(14-13-8)2-5-11-9-3-6-15-7-4-9/h9,11H,2-7H2,1H3,(H,12,13,14). The fourth-order valence-electron chi connectivity index (χ4n) is 1.79. The van der Waals surface area contributed by atoms with E-state index in [1.165, 1.54) is 24.3 Å². The number of aromatic nitrogens is 3. The minimum Gasteiger partial charge on any atom is -0.313 e. The second-order valence-electron chi connectivity index (χ2n) is 3.93. The fraction of sp³-hybridized carbons (Fsp3) is 0.800. The first-order chi connectivity index (χ1) is 7.34. The SMILES string of the molecule is Cc1nc(CCNC2CCSCC2)n[nH]1. The summed E-state index contributed by atoms with van der Waals surface area (Å²) in [4.78, 5) is 4.28. The number of rotatable bonds is 4. The van der Waals surface area contributed by atoms with Gasteiger partial charge in [0.15, 0.2) is 5.82 Å². The van der Waals surface area contributed by atoms with Gasteiger partial charge in [0.05, 0.1) is 0 Å².